The third-order valence-electron chi connectivity index (χ3n) is 6.02. The van der Waals surface area contributed by atoms with Crippen LogP contribution in [0.5, 0.6) is 0 Å². The van der Waals surface area contributed by atoms with E-state index in [4.69, 9.17) is 15.6 Å². The molecule has 0 aliphatic carbocycles. The molecule has 10 nitrogen and oxygen atoms in total. The van der Waals surface area contributed by atoms with Crippen LogP contribution < -0.4 is 11.2 Å². The van der Waals surface area contributed by atoms with E-state index in [0.717, 1.165) is 12.0 Å². The van der Waals surface area contributed by atoms with E-state index in [2.05, 4.69) is 10.3 Å². The first kappa shape index (κ1) is 25.9. The van der Waals surface area contributed by atoms with Crippen LogP contribution in [0.4, 0.5) is 10.6 Å². The van der Waals surface area contributed by atoms with Crippen molar-refractivity contribution in [1.82, 2.24) is 19.5 Å². The van der Waals surface area contributed by atoms with E-state index in [1.54, 1.807) is 41.4 Å². The van der Waals surface area contributed by atoms with Crippen molar-refractivity contribution in [2.24, 2.45) is 0 Å². The largest absolute Gasteiger partial charge is 0.444 e. The lowest BCUT2D eigenvalue weighted by Gasteiger charge is -2.28. The number of aryl methyl sites for hydroxylation is 1. The lowest BCUT2D eigenvalue weighted by Crippen LogP contribution is -2.37. The number of hydrogen-bond acceptors (Lipinski definition) is 7. The zero-order valence-electron chi connectivity index (χ0n) is 21.7. The van der Waals surface area contributed by atoms with E-state index in [1.165, 1.54) is 11.6 Å². The number of imidazole rings is 1. The summed E-state index contributed by atoms with van der Waals surface area (Å²) in [5, 5.41) is 2.76. The maximum absolute atomic E-state index is 12.8. The lowest BCUT2D eigenvalue weighted by atomic mass is 10.1. The van der Waals surface area contributed by atoms with Crippen LogP contribution in [-0.2, 0) is 4.74 Å². The summed E-state index contributed by atoms with van der Waals surface area (Å²) in [7, 11) is 0. The Labute approximate surface area is 215 Å². The van der Waals surface area contributed by atoms with E-state index in [1.807, 2.05) is 33.8 Å². The van der Waals surface area contributed by atoms with Crippen molar-refractivity contribution in [3.63, 3.8) is 0 Å². The van der Waals surface area contributed by atoms with Crippen molar-refractivity contribution in [2.45, 2.75) is 59.1 Å². The van der Waals surface area contributed by atoms with Gasteiger partial charge in [0, 0.05) is 30.8 Å². The van der Waals surface area contributed by atoms with Crippen molar-refractivity contribution < 1.29 is 19.1 Å². The number of ketones is 1. The quantitative estimate of drug-likeness (QED) is 0.386. The highest BCUT2D eigenvalue weighted by molar-refractivity contribution is 6.04. The number of carbonyl (C=O) groups excluding carboxylic acids is 3. The van der Waals surface area contributed by atoms with Crippen LogP contribution in [0, 0.1) is 6.92 Å². The number of amides is 2. The summed E-state index contributed by atoms with van der Waals surface area (Å²) in [6, 6.07) is 9.93. The normalized spacial score (nSPS) is 15.5. The molecule has 37 heavy (non-hydrogen) atoms. The molecule has 0 unspecified atom stereocenters. The third kappa shape index (κ3) is 5.63. The second kappa shape index (κ2) is 10.0. The molecule has 2 amide bonds. The zero-order chi connectivity index (χ0) is 26.9. The first-order chi connectivity index (χ1) is 17.4. The van der Waals surface area contributed by atoms with Crippen LogP contribution in [0.1, 0.15) is 78.8 Å². The van der Waals surface area contributed by atoms with Gasteiger partial charge in [0.05, 0.1) is 6.04 Å². The number of aromatic nitrogens is 3. The minimum absolute atomic E-state index is 0.229. The average Bonchev–Trinajstić information content (AvgIpc) is 3.44. The molecule has 1 saturated heterocycles. The summed E-state index contributed by atoms with van der Waals surface area (Å²) in [5.74, 6) is 6.67. The molecule has 3 heterocycles. The first-order valence-corrected chi connectivity index (χ1v) is 12.2. The van der Waals surface area contributed by atoms with Gasteiger partial charge in [0.1, 0.15) is 22.8 Å². The predicted molar refractivity (Wildman–Crippen MR) is 140 cm³/mol. The molecule has 0 radical (unpaired) electrons. The number of carbonyl (C=O) groups is 3. The minimum atomic E-state index is -0.637. The van der Waals surface area contributed by atoms with Gasteiger partial charge in [0.15, 0.2) is 11.6 Å². The smallest absolute Gasteiger partial charge is 0.410 e. The molecule has 1 fully saturated rings. The van der Waals surface area contributed by atoms with E-state index in [0.29, 0.717) is 41.4 Å². The topological polar surface area (TPSA) is 132 Å². The van der Waals surface area contributed by atoms with Crippen molar-refractivity contribution in [2.75, 3.05) is 17.7 Å². The number of nitrogens with one attached hydrogen (secondary N) is 1. The van der Waals surface area contributed by atoms with Crippen molar-refractivity contribution in [3.05, 3.63) is 65.2 Å². The molecule has 1 atom stereocenters. The summed E-state index contributed by atoms with van der Waals surface area (Å²) in [6.07, 6.45) is 2.65. The number of hydrogen-bond donors (Lipinski definition) is 2. The molecule has 0 saturated carbocycles. The van der Waals surface area contributed by atoms with Crippen LogP contribution in [-0.4, -0.2) is 49.5 Å². The van der Waals surface area contributed by atoms with Crippen LogP contribution in [0.25, 0.3) is 11.3 Å². The SMILES string of the molecule is CC(=O)c1c(-c2ccc(C(=O)Nc3ccc(C)cn3)cc2)nc([C@@H]2CCCN2C(=O)OC(C)(C)C)n1N. The number of nitrogen functional groups attached to an aromatic ring is 1. The maximum atomic E-state index is 12.8. The lowest BCUT2D eigenvalue weighted by molar-refractivity contribution is 0.0217. The number of nitrogens with zero attached hydrogens (tertiary/aromatic N) is 4. The molecular weight excluding hydrogens is 472 g/mol. The molecule has 0 spiro atoms. The van der Waals surface area contributed by atoms with Crippen molar-refractivity contribution in [1.29, 1.82) is 0 Å². The molecule has 194 valence electrons. The number of rotatable bonds is 5. The van der Waals surface area contributed by atoms with Gasteiger partial charge >= 0.3 is 6.09 Å². The van der Waals surface area contributed by atoms with Gasteiger partial charge in [-0.15, -0.1) is 0 Å². The fourth-order valence-electron chi connectivity index (χ4n) is 4.31. The Kier molecular flexibility index (Phi) is 7.02. The number of benzene rings is 1. The molecule has 4 rings (SSSR count). The van der Waals surface area contributed by atoms with Gasteiger partial charge in [0.2, 0.25) is 0 Å². The van der Waals surface area contributed by atoms with Crippen LogP contribution >= 0.6 is 0 Å². The van der Waals surface area contributed by atoms with Crippen LogP contribution in [0.2, 0.25) is 0 Å². The van der Waals surface area contributed by atoms with Crippen molar-refractivity contribution in [3.8, 4) is 11.3 Å². The van der Waals surface area contributed by atoms with E-state index >= 15 is 0 Å². The number of anilines is 1. The van der Waals surface area contributed by atoms with Gasteiger partial charge in [-0.2, -0.15) is 0 Å². The standard InChI is InChI=1S/C27H32N6O4/c1-16-8-13-21(29-15-16)30-25(35)19-11-9-18(10-12-19)22-23(17(2)34)33(28)24(31-22)20-7-6-14-32(20)26(36)37-27(3,4)5/h8-13,15,20H,6-7,14,28H2,1-5H3,(H,29,30,35)/t20-/m0/s1. The Balaban J connectivity index is 1.61. The maximum Gasteiger partial charge on any atom is 0.410 e. The summed E-state index contributed by atoms with van der Waals surface area (Å²) in [5.41, 5.74) is 2.04. The summed E-state index contributed by atoms with van der Waals surface area (Å²) in [4.78, 5) is 48.6. The van der Waals surface area contributed by atoms with Gasteiger partial charge in [-0.25, -0.2) is 19.4 Å². The van der Waals surface area contributed by atoms with Gasteiger partial charge in [0.25, 0.3) is 5.91 Å². The molecule has 10 heteroatoms. The highest BCUT2D eigenvalue weighted by Crippen LogP contribution is 2.35. The number of nitrogens with two attached hydrogens (primary N) is 1. The van der Waals surface area contributed by atoms with Gasteiger partial charge in [-0.3, -0.25) is 14.5 Å². The fourth-order valence-corrected chi connectivity index (χ4v) is 4.31. The minimum Gasteiger partial charge on any atom is -0.444 e. The zero-order valence-corrected chi connectivity index (χ0v) is 21.7. The molecular formula is C27H32N6O4. The second-order valence-corrected chi connectivity index (χ2v) is 10.2. The Morgan fingerprint density at radius 3 is 2.41 bits per heavy atom. The average molecular weight is 505 g/mol. The van der Waals surface area contributed by atoms with Gasteiger partial charge in [-0.05, 0) is 64.3 Å². The number of ether oxygens (including phenoxy) is 1. The van der Waals surface area contributed by atoms with E-state index < -0.39 is 17.7 Å². The number of pyridine rings is 1. The Bertz CT molecular complexity index is 1320. The molecule has 1 aliphatic rings. The molecule has 0 bridgehead atoms. The molecule has 3 aromatic rings. The van der Waals surface area contributed by atoms with Crippen LogP contribution in [0.3, 0.4) is 0 Å². The van der Waals surface area contributed by atoms with Gasteiger partial charge < -0.3 is 15.9 Å². The van der Waals surface area contributed by atoms with Crippen molar-refractivity contribution >= 4 is 23.6 Å². The van der Waals surface area contributed by atoms with E-state index in [-0.39, 0.29) is 17.4 Å². The predicted octanol–water partition coefficient (Wildman–Crippen LogP) is 4.49. The Morgan fingerprint density at radius 1 is 1.11 bits per heavy atom. The molecule has 1 aromatic carbocycles. The molecule has 2 aromatic heterocycles. The number of likely N-dealkylation sites (tertiary alicyclic amines) is 1. The molecule has 1 aliphatic heterocycles. The van der Waals surface area contributed by atoms with Crippen LogP contribution in [0.15, 0.2) is 42.6 Å². The second-order valence-electron chi connectivity index (χ2n) is 10.2. The highest BCUT2D eigenvalue weighted by Gasteiger charge is 2.37. The fraction of sp³-hybridized carbons (Fsp3) is 0.370. The van der Waals surface area contributed by atoms with E-state index in [9.17, 15) is 14.4 Å². The monoisotopic (exact) mass is 504 g/mol. The third-order valence-corrected chi connectivity index (χ3v) is 6.02. The number of Topliss-reactive ketones (excluding diaryl/α,β-unsaturated/α-hetero) is 1. The summed E-state index contributed by atoms with van der Waals surface area (Å²) < 4.78 is 6.84. The Morgan fingerprint density at radius 2 is 1.81 bits per heavy atom. The van der Waals surface area contributed by atoms with Gasteiger partial charge in [-0.1, -0.05) is 18.2 Å². The summed E-state index contributed by atoms with van der Waals surface area (Å²) >= 11 is 0. The summed E-state index contributed by atoms with van der Waals surface area (Å²) in [6.45, 7) is 9.29. The Hall–Kier alpha value is -4.21. The molecule has 3 N–H and O–H groups in total. The first-order valence-electron chi connectivity index (χ1n) is 12.2. The highest BCUT2D eigenvalue weighted by atomic mass is 16.6.